The second-order valence-corrected chi connectivity index (χ2v) is 5.54. The Bertz CT molecular complexity index is 503. The third-order valence-corrected chi connectivity index (χ3v) is 4.07. The molecule has 4 heteroatoms. The second-order valence-electron chi connectivity index (χ2n) is 4.48. The molecule has 0 amide bonds. The van der Waals surface area contributed by atoms with Crippen LogP contribution in [0.25, 0.3) is 0 Å². The van der Waals surface area contributed by atoms with Gasteiger partial charge in [-0.1, -0.05) is 0 Å². The number of nitrogens with one attached hydrogen (secondary N) is 1. The van der Waals surface area contributed by atoms with Gasteiger partial charge in [0.1, 0.15) is 5.76 Å². The Labute approximate surface area is 105 Å². The molecule has 2 aromatic heterocycles. The summed E-state index contributed by atoms with van der Waals surface area (Å²) < 4.78 is 5.49. The van der Waals surface area contributed by atoms with Crippen LogP contribution in [0.15, 0.2) is 22.1 Å². The fourth-order valence-electron chi connectivity index (χ4n) is 2.42. The van der Waals surface area contributed by atoms with Gasteiger partial charge in [0.05, 0.1) is 17.0 Å². The summed E-state index contributed by atoms with van der Waals surface area (Å²) in [5.74, 6) is 1.16. The minimum atomic E-state index is 0.430. The Morgan fingerprint density at radius 1 is 1.59 bits per heavy atom. The summed E-state index contributed by atoms with van der Waals surface area (Å²) in [6.45, 7) is 2.89. The second kappa shape index (κ2) is 4.63. The van der Waals surface area contributed by atoms with Crippen LogP contribution in [0.1, 0.15) is 40.9 Å². The largest absolute Gasteiger partial charge is 0.469 e. The highest BCUT2D eigenvalue weighted by atomic mass is 32.1. The van der Waals surface area contributed by atoms with Crippen molar-refractivity contribution < 1.29 is 4.42 Å². The number of aryl methyl sites for hydroxylation is 2. The maximum atomic E-state index is 5.49. The zero-order valence-electron chi connectivity index (χ0n) is 9.90. The Morgan fingerprint density at radius 3 is 3.35 bits per heavy atom. The van der Waals surface area contributed by atoms with E-state index in [1.807, 2.05) is 6.92 Å². The van der Waals surface area contributed by atoms with E-state index in [0.717, 1.165) is 29.4 Å². The van der Waals surface area contributed by atoms with Gasteiger partial charge in [-0.3, -0.25) is 0 Å². The highest BCUT2D eigenvalue weighted by molar-refractivity contribution is 7.09. The number of furan rings is 1. The van der Waals surface area contributed by atoms with Gasteiger partial charge in [-0.25, -0.2) is 4.98 Å². The van der Waals surface area contributed by atoms with Crippen molar-refractivity contribution in [2.75, 3.05) is 0 Å². The minimum Gasteiger partial charge on any atom is -0.469 e. The van der Waals surface area contributed by atoms with Crippen molar-refractivity contribution in [3.8, 4) is 0 Å². The Balaban J connectivity index is 1.67. The van der Waals surface area contributed by atoms with Gasteiger partial charge < -0.3 is 9.73 Å². The highest BCUT2D eigenvalue weighted by Gasteiger charge is 2.22. The first-order chi connectivity index (χ1) is 8.33. The molecule has 17 heavy (non-hydrogen) atoms. The van der Waals surface area contributed by atoms with Crippen molar-refractivity contribution in [2.24, 2.45) is 0 Å². The van der Waals surface area contributed by atoms with Crippen LogP contribution in [-0.4, -0.2) is 4.98 Å². The Morgan fingerprint density at radius 2 is 2.53 bits per heavy atom. The van der Waals surface area contributed by atoms with E-state index >= 15 is 0 Å². The first kappa shape index (κ1) is 11.0. The van der Waals surface area contributed by atoms with Crippen molar-refractivity contribution in [3.63, 3.8) is 0 Å². The molecule has 0 saturated heterocycles. The molecule has 1 aliphatic rings. The molecular weight excluding hydrogens is 232 g/mol. The van der Waals surface area contributed by atoms with Gasteiger partial charge in [0, 0.05) is 30.0 Å². The lowest BCUT2D eigenvalue weighted by Gasteiger charge is -2.22. The van der Waals surface area contributed by atoms with Gasteiger partial charge in [0.25, 0.3) is 0 Å². The van der Waals surface area contributed by atoms with E-state index in [2.05, 4.69) is 21.7 Å². The average Bonchev–Trinajstić information content (AvgIpc) is 2.94. The number of hydrogen-bond acceptors (Lipinski definition) is 4. The SMILES string of the molecule is Cc1nc(CNC2CCCc3occc32)cs1. The molecule has 0 aromatic carbocycles. The first-order valence-electron chi connectivity index (χ1n) is 6.03. The topological polar surface area (TPSA) is 38.1 Å². The third-order valence-electron chi connectivity index (χ3n) is 3.25. The molecular formula is C13H16N2OS. The van der Waals surface area contributed by atoms with Gasteiger partial charge >= 0.3 is 0 Å². The Kier molecular flexibility index (Phi) is 2.99. The first-order valence-corrected chi connectivity index (χ1v) is 6.91. The molecule has 0 fully saturated rings. The number of aromatic nitrogens is 1. The van der Waals surface area contributed by atoms with E-state index in [-0.39, 0.29) is 0 Å². The number of rotatable bonds is 3. The summed E-state index contributed by atoms with van der Waals surface area (Å²) in [7, 11) is 0. The molecule has 0 radical (unpaired) electrons. The van der Waals surface area contributed by atoms with E-state index < -0.39 is 0 Å². The molecule has 0 aliphatic heterocycles. The predicted molar refractivity (Wildman–Crippen MR) is 68.1 cm³/mol. The highest BCUT2D eigenvalue weighted by Crippen LogP contribution is 2.30. The molecule has 0 saturated carbocycles. The van der Waals surface area contributed by atoms with Crippen LogP contribution < -0.4 is 5.32 Å². The fraction of sp³-hybridized carbons (Fsp3) is 0.462. The summed E-state index contributed by atoms with van der Waals surface area (Å²) in [6, 6.07) is 2.53. The molecule has 1 unspecified atom stereocenters. The Hall–Kier alpha value is -1.13. The maximum absolute atomic E-state index is 5.49. The molecule has 2 heterocycles. The van der Waals surface area contributed by atoms with Gasteiger partial charge in [-0.2, -0.15) is 0 Å². The molecule has 90 valence electrons. The molecule has 1 N–H and O–H groups in total. The number of thiazole rings is 1. The van der Waals surface area contributed by atoms with Gasteiger partial charge in [0.2, 0.25) is 0 Å². The average molecular weight is 248 g/mol. The van der Waals surface area contributed by atoms with Gasteiger partial charge in [-0.05, 0) is 25.8 Å². The monoisotopic (exact) mass is 248 g/mol. The van der Waals surface area contributed by atoms with Crippen LogP contribution in [0.3, 0.4) is 0 Å². The lowest BCUT2D eigenvalue weighted by Crippen LogP contribution is -2.24. The van der Waals surface area contributed by atoms with Crippen molar-refractivity contribution in [1.29, 1.82) is 0 Å². The molecule has 0 bridgehead atoms. The van der Waals surface area contributed by atoms with E-state index in [1.165, 1.54) is 18.4 Å². The standard InChI is InChI=1S/C13H16N2OS/c1-9-15-10(8-17-9)7-14-12-3-2-4-13-11(12)5-6-16-13/h5-6,8,12,14H,2-4,7H2,1H3. The zero-order chi connectivity index (χ0) is 11.7. The number of fused-ring (bicyclic) bond motifs is 1. The lowest BCUT2D eigenvalue weighted by atomic mass is 9.93. The summed E-state index contributed by atoms with van der Waals surface area (Å²) in [5, 5.41) is 6.84. The predicted octanol–water partition coefficient (Wildman–Crippen LogP) is 3.21. The number of hydrogen-bond donors (Lipinski definition) is 1. The minimum absolute atomic E-state index is 0.430. The van der Waals surface area contributed by atoms with Gasteiger partial charge in [0.15, 0.2) is 0 Å². The van der Waals surface area contributed by atoms with Crippen LogP contribution in [0.2, 0.25) is 0 Å². The van der Waals surface area contributed by atoms with Crippen molar-refractivity contribution in [3.05, 3.63) is 39.7 Å². The molecule has 2 aromatic rings. The summed E-state index contributed by atoms with van der Waals surface area (Å²) >= 11 is 1.71. The maximum Gasteiger partial charge on any atom is 0.108 e. The van der Waals surface area contributed by atoms with Crippen LogP contribution in [0, 0.1) is 6.92 Å². The van der Waals surface area contributed by atoms with E-state index in [4.69, 9.17) is 4.42 Å². The molecule has 0 spiro atoms. The smallest absolute Gasteiger partial charge is 0.108 e. The van der Waals surface area contributed by atoms with Crippen molar-refractivity contribution in [1.82, 2.24) is 10.3 Å². The summed E-state index contributed by atoms with van der Waals surface area (Å²) in [5.41, 5.74) is 2.48. The molecule has 3 rings (SSSR count). The number of nitrogens with zero attached hydrogens (tertiary/aromatic N) is 1. The van der Waals surface area contributed by atoms with E-state index in [9.17, 15) is 0 Å². The summed E-state index contributed by atoms with van der Waals surface area (Å²) in [4.78, 5) is 4.47. The molecule has 3 nitrogen and oxygen atoms in total. The zero-order valence-corrected chi connectivity index (χ0v) is 10.7. The quantitative estimate of drug-likeness (QED) is 0.906. The normalized spacial score (nSPS) is 19.2. The fourth-order valence-corrected chi connectivity index (χ4v) is 3.03. The lowest BCUT2D eigenvalue weighted by molar-refractivity contribution is 0.409. The van der Waals surface area contributed by atoms with E-state index in [1.54, 1.807) is 17.6 Å². The van der Waals surface area contributed by atoms with Gasteiger partial charge in [-0.15, -0.1) is 11.3 Å². The van der Waals surface area contributed by atoms with Crippen LogP contribution in [-0.2, 0) is 13.0 Å². The molecule has 1 aliphatic carbocycles. The molecule has 1 atom stereocenters. The third kappa shape index (κ3) is 2.28. The van der Waals surface area contributed by atoms with Crippen LogP contribution in [0.5, 0.6) is 0 Å². The van der Waals surface area contributed by atoms with Crippen molar-refractivity contribution >= 4 is 11.3 Å². The van der Waals surface area contributed by atoms with E-state index in [0.29, 0.717) is 6.04 Å². The summed E-state index contributed by atoms with van der Waals surface area (Å²) in [6.07, 6.45) is 5.28. The van der Waals surface area contributed by atoms with Crippen LogP contribution in [0.4, 0.5) is 0 Å². The van der Waals surface area contributed by atoms with Crippen molar-refractivity contribution in [2.45, 2.75) is 38.8 Å². The van der Waals surface area contributed by atoms with Crippen LogP contribution >= 0.6 is 11.3 Å².